The van der Waals surface area contributed by atoms with Crippen LogP contribution >= 0.6 is 11.3 Å². The van der Waals surface area contributed by atoms with Crippen molar-refractivity contribution in [3.05, 3.63) is 70.1 Å². The predicted octanol–water partition coefficient (Wildman–Crippen LogP) is 3.86. The molecule has 122 valence electrons. The van der Waals surface area contributed by atoms with E-state index in [2.05, 4.69) is 10.1 Å². The molecule has 0 amide bonds. The summed E-state index contributed by atoms with van der Waals surface area (Å²) in [6.45, 7) is 1.80. The van der Waals surface area contributed by atoms with Crippen LogP contribution in [0.4, 0.5) is 4.39 Å². The summed E-state index contributed by atoms with van der Waals surface area (Å²) in [7, 11) is 1.66. The lowest BCUT2D eigenvalue weighted by Crippen LogP contribution is -2.14. The molecule has 0 bridgehead atoms. The van der Waals surface area contributed by atoms with Gasteiger partial charge in [-0.2, -0.15) is 5.10 Å². The SMILES string of the molecule is CN=c1scc(-c2ccccc2F)n1N=C(C)c1ccccc1O. The normalized spacial score (nSPS) is 12.6. The zero-order valence-corrected chi connectivity index (χ0v) is 14.1. The van der Waals surface area contributed by atoms with Crippen molar-refractivity contribution < 1.29 is 9.50 Å². The Labute approximate surface area is 142 Å². The summed E-state index contributed by atoms with van der Waals surface area (Å²) >= 11 is 1.38. The highest BCUT2D eigenvalue weighted by atomic mass is 32.1. The van der Waals surface area contributed by atoms with E-state index in [4.69, 9.17) is 0 Å². The van der Waals surface area contributed by atoms with Crippen LogP contribution in [0.25, 0.3) is 11.3 Å². The molecule has 0 aliphatic heterocycles. The van der Waals surface area contributed by atoms with Crippen molar-refractivity contribution >= 4 is 17.0 Å². The van der Waals surface area contributed by atoms with E-state index in [-0.39, 0.29) is 11.6 Å². The van der Waals surface area contributed by atoms with Gasteiger partial charge in [0, 0.05) is 23.6 Å². The van der Waals surface area contributed by atoms with Crippen molar-refractivity contribution in [2.75, 3.05) is 7.05 Å². The van der Waals surface area contributed by atoms with Gasteiger partial charge in [-0.3, -0.25) is 4.99 Å². The van der Waals surface area contributed by atoms with E-state index >= 15 is 0 Å². The summed E-state index contributed by atoms with van der Waals surface area (Å²) in [5.74, 6) is -0.167. The minimum Gasteiger partial charge on any atom is -0.507 e. The largest absolute Gasteiger partial charge is 0.507 e. The lowest BCUT2D eigenvalue weighted by atomic mass is 10.1. The zero-order chi connectivity index (χ0) is 17.1. The number of halogens is 1. The highest BCUT2D eigenvalue weighted by Gasteiger charge is 2.12. The van der Waals surface area contributed by atoms with Gasteiger partial charge in [-0.05, 0) is 31.2 Å². The maximum Gasteiger partial charge on any atom is 0.205 e. The minimum atomic E-state index is -0.317. The number of aromatic hydroxyl groups is 1. The molecule has 6 heteroatoms. The molecule has 1 heterocycles. The monoisotopic (exact) mass is 341 g/mol. The van der Waals surface area contributed by atoms with Gasteiger partial charge in [0.1, 0.15) is 11.6 Å². The van der Waals surface area contributed by atoms with Crippen molar-refractivity contribution in [1.82, 2.24) is 4.68 Å². The number of rotatable bonds is 3. The van der Waals surface area contributed by atoms with E-state index in [0.717, 1.165) is 0 Å². The van der Waals surface area contributed by atoms with E-state index in [1.165, 1.54) is 17.4 Å². The smallest absolute Gasteiger partial charge is 0.205 e. The molecule has 24 heavy (non-hydrogen) atoms. The quantitative estimate of drug-likeness (QED) is 0.723. The molecule has 0 aliphatic carbocycles. The second-order valence-electron chi connectivity index (χ2n) is 5.12. The summed E-state index contributed by atoms with van der Waals surface area (Å²) in [5.41, 5.74) is 2.31. The molecule has 0 saturated heterocycles. The van der Waals surface area contributed by atoms with Gasteiger partial charge in [-0.15, -0.1) is 11.3 Å². The van der Waals surface area contributed by atoms with Gasteiger partial charge in [-0.25, -0.2) is 9.07 Å². The van der Waals surface area contributed by atoms with E-state index in [9.17, 15) is 9.50 Å². The van der Waals surface area contributed by atoms with Gasteiger partial charge in [0.2, 0.25) is 4.80 Å². The van der Waals surface area contributed by atoms with Crippen LogP contribution in [0.2, 0.25) is 0 Å². The van der Waals surface area contributed by atoms with Crippen molar-refractivity contribution in [2.24, 2.45) is 10.1 Å². The van der Waals surface area contributed by atoms with Crippen LogP contribution < -0.4 is 4.80 Å². The Bertz CT molecular complexity index is 972. The molecule has 1 N–H and O–H groups in total. The van der Waals surface area contributed by atoms with E-state index in [0.29, 0.717) is 27.3 Å². The first-order valence-electron chi connectivity index (χ1n) is 7.34. The molecule has 0 aliphatic rings. The van der Waals surface area contributed by atoms with E-state index in [1.807, 2.05) is 11.4 Å². The second-order valence-corrected chi connectivity index (χ2v) is 5.96. The molecule has 0 atom stereocenters. The van der Waals surface area contributed by atoms with Gasteiger partial charge >= 0.3 is 0 Å². The Morgan fingerprint density at radius 3 is 2.54 bits per heavy atom. The Morgan fingerprint density at radius 1 is 1.12 bits per heavy atom. The van der Waals surface area contributed by atoms with Crippen LogP contribution in [0.5, 0.6) is 5.75 Å². The molecule has 0 spiro atoms. The number of aromatic nitrogens is 1. The third-order valence-corrected chi connectivity index (χ3v) is 4.48. The van der Waals surface area contributed by atoms with Crippen LogP contribution in [0.3, 0.4) is 0 Å². The number of hydrogen-bond donors (Lipinski definition) is 1. The van der Waals surface area contributed by atoms with Crippen molar-refractivity contribution in [1.29, 1.82) is 0 Å². The number of thiazole rings is 1. The molecule has 0 unspecified atom stereocenters. The Morgan fingerprint density at radius 2 is 1.83 bits per heavy atom. The molecular weight excluding hydrogens is 325 g/mol. The third kappa shape index (κ3) is 3.00. The van der Waals surface area contributed by atoms with Gasteiger partial charge in [0.05, 0.1) is 11.4 Å². The number of nitrogens with zero attached hydrogens (tertiary/aromatic N) is 3. The maximum absolute atomic E-state index is 14.2. The first kappa shape index (κ1) is 16.1. The molecule has 3 aromatic rings. The van der Waals surface area contributed by atoms with Crippen LogP contribution in [0.1, 0.15) is 12.5 Å². The lowest BCUT2D eigenvalue weighted by Gasteiger charge is -2.08. The predicted molar refractivity (Wildman–Crippen MR) is 94.9 cm³/mol. The molecule has 2 aromatic carbocycles. The molecule has 0 fully saturated rings. The lowest BCUT2D eigenvalue weighted by molar-refractivity contribution is 0.474. The number of para-hydroxylation sites is 1. The first-order chi connectivity index (χ1) is 11.6. The average molecular weight is 341 g/mol. The summed E-state index contributed by atoms with van der Waals surface area (Å²) in [6, 6.07) is 13.5. The van der Waals surface area contributed by atoms with Crippen LogP contribution in [-0.2, 0) is 0 Å². The Balaban J connectivity index is 2.18. The third-order valence-electron chi connectivity index (χ3n) is 3.57. The van der Waals surface area contributed by atoms with Crippen molar-refractivity contribution in [2.45, 2.75) is 6.92 Å². The standard InChI is InChI=1S/C18H16FN3OS/c1-12(13-7-4-6-10-17(13)23)21-22-16(11-24-18(22)20-2)14-8-3-5-9-15(14)19/h3-11,23H,1-2H3. The minimum absolute atomic E-state index is 0.150. The molecular formula is C18H16FN3OS. The van der Waals surface area contributed by atoms with Crippen LogP contribution in [0.15, 0.2) is 64.0 Å². The Kier molecular flexibility index (Phi) is 4.57. The van der Waals surface area contributed by atoms with Crippen molar-refractivity contribution in [3.8, 4) is 17.0 Å². The molecule has 1 aromatic heterocycles. The fourth-order valence-electron chi connectivity index (χ4n) is 2.39. The number of phenolic OH excluding ortho intramolecular Hbond substituents is 1. The summed E-state index contributed by atoms with van der Waals surface area (Å²) in [4.78, 5) is 4.85. The van der Waals surface area contributed by atoms with Crippen LogP contribution in [-0.4, -0.2) is 22.5 Å². The van der Waals surface area contributed by atoms with E-state index in [1.54, 1.807) is 55.0 Å². The topological polar surface area (TPSA) is 49.9 Å². The van der Waals surface area contributed by atoms with Gasteiger partial charge in [0.25, 0.3) is 0 Å². The fraction of sp³-hybridized carbons (Fsp3) is 0.111. The summed E-state index contributed by atoms with van der Waals surface area (Å²) in [5, 5.41) is 16.4. The number of phenols is 1. The molecule has 0 radical (unpaired) electrons. The van der Waals surface area contributed by atoms with Crippen LogP contribution in [0, 0.1) is 5.82 Å². The van der Waals surface area contributed by atoms with Gasteiger partial charge in [-0.1, -0.05) is 24.3 Å². The zero-order valence-electron chi connectivity index (χ0n) is 13.3. The molecule has 4 nitrogen and oxygen atoms in total. The number of hydrogen-bond acceptors (Lipinski definition) is 4. The summed E-state index contributed by atoms with van der Waals surface area (Å²) in [6.07, 6.45) is 0. The van der Waals surface area contributed by atoms with Gasteiger partial charge in [0.15, 0.2) is 0 Å². The second kappa shape index (κ2) is 6.80. The fourth-order valence-corrected chi connectivity index (χ4v) is 3.17. The highest BCUT2D eigenvalue weighted by molar-refractivity contribution is 7.07. The molecule has 3 rings (SSSR count). The van der Waals surface area contributed by atoms with Crippen molar-refractivity contribution in [3.63, 3.8) is 0 Å². The van der Waals surface area contributed by atoms with E-state index < -0.39 is 0 Å². The first-order valence-corrected chi connectivity index (χ1v) is 8.22. The highest BCUT2D eigenvalue weighted by Crippen LogP contribution is 2.24. The maximum atomic E-state index is 14.2. The van der Waals surface area contributed by atoms with Gasteiger partial charge < -0.3 is 5.11 Å². The molecule has 0 saturated carbocycles. The number of benzene rings is 2. The summed E-state index contributed by atoms with van der Waals surface area (Å²) < 4.78 is 15.8. The average Bonchev–Trinajstić information content (AvgIpc) is 2.98. The Hall–Kier alpha value is -2.73.